The lowest BCUT2D eigenvalue weighted by molar-refractivity contribution is -0.118. The summed E-state index contributed by atoms with van der Waals surface area (Å²) in [6.07, 6.45) is 3.65. The minimum Gasteiger partial charge on any atom is -0.441 e. The first kappa shape index (κ1) is 17.4. The summed E-state index contributed by atoms with van der Waals surface area (Å²) in [5.74, 6) is 0.108. The van der Waals surface area contributed by atoms with Crippen molar-refractivity contribution in [1.82, 2.24) is 4.98 Å². The van der Waals surface area contributed by atoms with E-state index < -0.39 is 0 Å². The maximum absolute atomic E-state index is 14.2. The van der Waals surface area contributed by atoms with Crippen LogP contribution in [0.1, 0.15) is 24.3 Å². The third kappa shape index (κ3) is 3.60. The van der Waals surface area contributed by atoms with Gasteiger partial charge in [-0.3, -0.25) is 4.79 Å². The summed E-state index contributed by atoms with van der Waals surface area (Å²) in [7, 11) is 0. The Hall–Kier alpha value is -3.02. The summed E-state index contributed by atoms with van der Waals surface area (Å²) in [6.45, 7) is 0.513. The highest BCUT2D eigenvalue weighted by Crippen LogP contribution is 2.30. The highest BCUT2D eigenvalue weighted by atomic mass is 19.1. The Kier molecular flexibility index (Phi) is 4.71. The van der Waals surface area contributed by atoms with E-state index in [4.69, 9.17) is 4.42 Å². The molecule has 27 heavy (non-hydrogen) atoms. The fourth-order valence-corrected chi connectivity index (χ4v) is 3.38. The van der Waals surface area contributed by atoms with Gasteiger partial charge in [0.1, 0.15) is 11.6 Å². The maximum atomic E-state index is 14.2. The van der Waals surface area contributed by atoms with Crippen molar-refractivity contribution in [2.24, 2.45) is 0 Å². The van der Waals surface area contributed by atoms with Crippen LogP contribution in [-0.4, -0.2) is 17.4 Å². The Balaban J connectivity index is 1.44. The number of fused-ring (bicyclic) bond motifs is 1. The van der Waals surface area contributed by atoms with E-state index >= 15 is 0 Å². The lowest BCUT2D eigenvalue weighted by atomic mass is 10.0. The number of oxazole rings is 1. The van der Waals surface area contributed by atoms with E-state index in [0.717, 1.165) is 18.4 Å². The molecule has 0 saturated carbocycles. The molecule has 0 aliphatic carbocycles. The molecule has 0 N–H and O–H groups in total. The second-order valence-corrected chi connectivity index (χ2v) is 6.52. The van der Waals surface area contributed by atoms with Crippen molar-refractivity contribution in [1.29, 1.82) is 0 Å². The van der Waals surface area contributed by atoms with Gasteiger partial charge in [0.05, 0.1) is 11.9 Å². The molecule has 2 aromatic carbocycles. The highest BCUT2D eigenvalue weighted by Gasteiger charge is 2.25. The van der Waals surface area contributed by atoms with Crippen molar-refractivity contribution < 1.29 is 18.0 Å². The summed E-state index contributed by atoms with van der Waals surface area (Å²) in [5.41, 5.74) is 1.98. The molecule has 2 heterocycles. The van der Waals surface area contributed by atoms with Gasteiger partial charge in [0.25, 0.3) is 0 Å². The largest absolute Gasteiger partial charge is 0.441 e. The Morgan fingerprint density at radius 2 is 1.96 bits per heavy atom. The average molecular weight is 368 g/mol. The minimum absolute atomic E-state index is 0.150. The molecule has 0 unspecified atom stereocenters. The van der Waals surface area contributed by atoms with Gasteiger partial charge < -0.3 is 9.32 Å². The number of rotatable bonds is 4. The van der Waals surface area contributed by atoms with Crippen molar-refractivity contribution in [3.63, 3.8) is 0 Å². The molecule has 0 bridgehead atoms. The number of aryl methyl sites for hydroxylation is 2. The summed E-state index contributed by atoms with van der Waals surface area (Å²) in [4.78, 5) is 18.4. The number of hydrogen-bond acceptors (Lipinski definition) is 3. The summed E-state index contributed by atoms with van der Waals surface area (Å²) in [5, 5.41) is 0. The molecule has 0 spiro atoms. The van der Waals surface area contributed by atoms with E-state index in [2.05, 4.69) is 4.98 Å². The molecule has 138 valence electrons. The van der Waals surface area contributed by atoms with E-state index in [-0.39, 0.29) is 24.0 Å². The Labute approximate surface area is 155 Å². The number of nitrogens with zero attached hydrogens (tertiary/aromatic N) is 2. The Morgan fingerprint density at radius 3 is 2.78 bits per heavy atom. The third-order valence-electron chi connectivity index (χ3n) is 4.70. The van der Waals surface area contributed by atoms with Crippen LogP contribution < -0.4 is 4.90 Å². The minimum atomic E-state index is -0.365. The van der Waals surface area contributed by atoms with Gasteiger partial charge in [-0.25, -0.2) is 13.8 Å². The zero-order chi connectivity index (χ0) is 18.8. The number of amides is 1. The summed E-state index contributed by atoms with van der Waals surface area (Å²) < 4.78 is 32.9. The first-order valence-corrected chi connectivity index (χ1v) is 8.90. The SMILES string of the molecule is O=C(CCc1ncc(-c2ccc(F)cc2)o1)N1CCCc2cccc(F)c21. The van der Waals surface area contributed by atoms with Crippen LogP contribution in [-0.2, 0) is 17.6 Å². The second-order valence-electron chi connectivity index (χ2n) is 6.52. The van der Waals surface area contributed by atoms with Crippen LogP contribution in [0.3, 0.4) is 0 Å². The monoisotopic (exact) mass is 368 g/mol. The molecule has 4 nitrogen and oxygen atoms in total. The normalized spacial score (nSPS) is 13.5. The van der Waals surface area contributed by atoms with Crippen LogP contribution in [0.5, 0.6) is 0 Å². The molecule has 0 atom stereocenters. The molecule has 1 aromatic heterocycles. The first-order chi connectivity index (χ1) is 13.1. The van der Waals surface area contributed by atoms with Gasteiger partial charge in [-0.15, -0.1) is 0 Å². The fraction of sp³-hybridized carbons (Fsp3) is 0.238. The van der Waals surface area contributed by atoms with Gasteiger partial charge >= 0.3 is 0 Å². The number of aromatic nitrogens is 1. The number of para-hydroxylation sites is 1. The predicted molar refractivity (Wildman–Crippen MR) is 97.3 cm³/mol. The molecular formula is C21H18F2N2O2. The Bertz CT molecular complexity index is 967. The molecule has 0 saturated heterocycles. The molecule has 3 aromatic rings. The number of hydrogen-bond donors (Lipinski definition) is 0. The number of benzene rings is 2. The van der Waals surface area contributed by atoms with Gasteiger partial charge in [0.15, 0.2) is 11.7 Å². The topological polar surface area (TPSA) is 46.3 Å². The zero-order valence-corrected chi connectivity index (χ0v) is 14.6. The average Bonchev–Trinajstić information content (AvgIpc) is 3.15. The fourth-order valence-electron chi connectivity index (χ4n) is 3.38. The molecule has 6 heteroatoms. The number of carbonyl (C=O) groups is 1. The predicted octanol–water partition coefficient (Wildman–Crippen LogP) is 4.53. The third-order valence-corrected chi connectivity index (χ3v) is 4.70. The van der Waals surface area contributed by atoms with Crippen molar-refractivity contribution in [2.75, 3.05) is 11.4 Å². The van der Waals surface area contributed by atoms with Crippen LogP contribution in [0.2, 0.25) is 0 Å². The number of anilines is 1. The van der Waals surface area contributed by atoms with Gasteiger partial charge in [0.2, 0.25) is 5.91 Å². The molecule has 1 aliphatic heterocycles. The van der Waals surface area contributed by atoms with Crippen molar-refractivity contribution in [3.8, 4) is 11.3 Å². The summed E-state index contributed by atoms with van der Waals surface area (Å²) in [6, 6.07) is 10.8. The van der Waals surface area contributed by atoms with Crippen LogP contribution in [0, 0.1) is 11.6 Å². The highest BCUT2D eigenvalue weighted by molar-refractivity contribution is 5.94. The van der Waals surface area contributed by atoms with E-state index in [1.807, 2.05) is 6.07 Å². The zero-order valence-electron chi connectivity index (χ0n) is 14.6. The van der Waals surface area contributed by atoms with Gasteiger partial charge in [-0.2, -0.15) is 0 Å². The van der Waals surface area contributed by atoms with Crippen LogP contribution in [0.4, 0.5) is 14.5 Å². The maximum Gasteiger partial charge on any atom is 0.227 e. The van der Waals surface area contributed by atoms with Crippen molar-refractivity contribution in [3.05, 3.63) is 71.8 Å². The van der Waals surface area contributed by atoms with Crippen LogP contribution >= 0.6 is 0 Å². The molecule has 1 amide bonds. The molecule has 0 fully saturated rings. The molecule has 4 rings (SSSR count). The smallest absolute Gasteiger partial charge is 0.227 e. The van der Waals surface area contributed by atoms with E-state index in [0.29, 0.717) is 35.9 Å². The summed E-state index contributed by atoms with van der Waals surface area (Å²) >= 11 is 0. The molecule has 1 aliphatic rings. The van der Waals surface area contributed by atoms with E-state index in [9.17, 15) is 13.6 Å². The van der Waals surface area contributed by atoms with E-state index in [1.165, 1.54) is 23.1 Å². The second kappa shape index (κ2) is 7.31. The van der Waals surface area contributed by atoms with Crippen molar-refractivity contribution >= 4 is 11.6 Å². The lowest BCUT2D eigenvalue weighted by Gasteiger charge is -2.29. The van der Waals surface area contributed by atoms with Gasteiger partial charge in [0, 0.05) is 24.9 Å². The van der Waals surface area contributed by atoms with Gasteiger partial charge in [-0.1, -0.05) is 12.1 Å². The molecule has 0 radical (unpaired) electrons. The van der Waals surface area contributed by atoms with Crippen LogP contribution in [0.15, 0.2) is 53.1 Å². The standard InChI is InChI=1S/C21H18F2N2O2/c22-16-8-6-14(7-9-16)18-13-24-19(27-18)10-11-20(26)25-12-2-4-15-3-1-5-17(23)21(15)25/h1,3,5-9,13H,2,4,10-12H2. The van der Waals surface area contributed by atoms with Gasteiger partial charge in [-0.05, 0) is 48.7 Å². The van der Waals surface area contributed by atoms with E-state index in [1.54, 1.807) is 24.4 Å². The van der Waals surface area contributed by atoms with Crippen molar-refractivity contribution in [2.45, 2.75) is 25.7 Å². The number of halogens is 2. The molecular weight excluding hydrogens is 350 g/mol. The quantitative estimate of drug-likeness (QED) is 0.680. The Morgan fingerprint density at radius 1 is 1.15 bits per heavy atom. The lowest BCUT2D eigenvalue weighted by Crippen LogP contribution is -2.36. The van der Waals surface area contributed by atoms with Crippen LogP contribution in [0.25, 0.3) is 11.3 Å². The first-order valence-electron chi connectivity index (χ1n) is 8.90. The number of carbonyl (C=O) groups excluding carboxylic acids is 1.